The zero-order valence-electron chi connectivity index (χ0n) is 13.5. The molecule has 0 spiro atoms. The lowest BCUT2D eigenvalue weighted by molar-refractivity contribution is -0.136. The number of carbonyl (C=O) groups is 1. The molecule has 1 aliphatic heterocycles. The summed E-state index contributed by atoms with van der Waals surface area (Å²) in [5.41, 5.74) is 0.525. The lowest BCUT2D eigenvalue weighted by Gasteiger charge is -2.27. The van der Waals surface area contributed by atoms with E-state index in [4.69, 9.17) is 4.74 Å². The van der Waals surface area contributed by atoms with Gasteiger partial charge in [-0.05, 0) is 12.1 Å². The quantitative estimate of drug-likeness (QED) is 0.858. The summed E-state index contributed by atoms with van der Waals surface area (Å²) < 4.78 is 6.79. The molecule has 1 aliphatic rings. The molecule has 3 rings (SSSR count). The third-order valence-electron chi connectivity index (χ3n) is 4.06. The smallest absolute Gasteiger partial charge is 0.261 e. The van der Waals surface area contributed by atoms with Gasteiger partial charge in [0, 0.05) is 19.0 Å². The van der Waals surface area contributed by atoms with Gasteiger partial charge in [-0.1, -0.05) is 26.0 Å². The second-order valence-corrected chi connectivity index (χ2v) is 6.03. The minimum Gasteiger partial charge on any atom is -0.378 e. The second-order valence-electron chi connectivity index (χ2n) is 6.03. The van der Waals surface area contributed by atoms with Crippen molar-refractivity contribution >= 4 is 16.8 Å². The Kier molecular flexibility index (Phi) is 4.43. The van der Waals surface area contributed by atoms with Gasteiger partial charge in [0.15, 0.2) is 0 Å². The lowest BCUT2D eigenvalue weighted by Crippen LogP contribution is -2.44. The van der Waals surface area contributed by atoms with Crippen LogP contribution in [0.3, 0.4) is 0 Å². The first-order chi connectivity index (χ1) is 11.1. The van der Waals surface area contributed by atoms with Crippen molar-refractivity contribution in [2.24, 2.45) is 0 Å². The van der Waals surface area contributed by atoms with Crippen molar-refractivity contribution in [3.63, 3.8) is 0 Å². The Labute approximate surface area is 134 Å². The van der Waals surface area contributed by atoms with Gasteiger partial charge in [-0.15, -0.1) is 0 Å². The van der Waals surface area contributed by atoms with Gasteiger partial charge in [0.2, 0.25) is 5.91 Å². The van der Waals surface area contributed by atoms with Crippen LogP contribution in [0, 0.1) is 0 Å². The molecule has 0 aliphatic carbocycles. The monoisotopic (exact) mass is 315 g/mol. The van der Waals surface area contributed by atoms with Crippen LogP contribution in [0.4, 0.5) is 0 Å². The second kappa shape index (κ2) is 6.50. The van der Waals surface area contributed by atoms with Crippen LogP contribution in [0.15, 0.2) is 29.1 Å². The Morgan fingerprint density at radius 3 is 2.65 bits per heavy atom. The average Bonchev–Trinajstić information content (AvgIpc) is 2.57. The van der Waals surface area contributed by atoms with Gasteiger partial charge in [0.05, 0.1) is 24.1 Å². The Bertz CT molecular complexity index is 776. The van der Waals surface area contributed by atoms with Crippen molar-refractivity contribution in [2.45, 2.75) is 26.3 Å². The summed E-state index contributed by atoms with van der Waals surface area (Å²) in [6.45, 7) is 6.24. The van der Waals surface area contributed by atoms with E-state index in [2.05, 4.69) is 4.98 Å². The highest BCUT2D eigenvalue weighted by molar-refractivity contribution is 5.79. The van der Waals surface area contributed by atoms with E-state index in [0.717, 1.165) is 0 Å². The van der Waals surface area contributed by atoms with E-state index in [-0.39, 0.29) is 23.9 Å². The van der Waals surface area contributed by atoms with Crippen LogP contribution in [0.1, 0.15) is 25.6 Å². The zero-order valence-corrected chi connectivity index (χ0v) is 13.5. The summed E-state index contributed by atoms with van der Waals surface area (Å²) in [5.74, 6) is 0.648. The van der Waals surface area contributed by atoms with Crippen molar-refractivity contribution in [2.75, 3.05) is 26.3 Å². The van der Waals surface area contributed by atoms with E-state index in [0.29, 0.717) is 43.0 Å². The molecule has 0 saturated carbocycles. The highest BCUT2D eigenvalue weighted by Crippen LogP contribution is 2.15. The largest absolute Gasteiger partial charge is 0.378 e. The highest BCUT2D eigenvalue weighted by atomic mass is 16.5. The number of carbonyl (C=O) groups excluding carboxylic acids is 1. The van der Waals surface area contributed by atoms with Crippen molar-refractivity contribution < 1.29 is 9.53 Å². The highest BCUT2D eigenvalue weighted by Gasteiger charge is 2.21. The normalized spacial score (nSPS) is 15.3. The Hall–Kier alpha value is -2.21. The van der Waals surface area contributed by atoms with Crippen LogP contribution < -0.4 is 5.56 Å². The van der Waals surface area contributed by atoms with E-state index in [1.165, 1.54) is 4.57 Å². The number of amides is 1. The van der Waals surface area contributed by atoms with E-state index in [1.807, 2.05) is 32.0 Å². The number of aromatic nitrogens is 2. The van der Waals surface area contributed by atoms with Gasteiger partial charge in [0.25, 0.3) is 5.56 Å². The fourth-order valence-corrected chi connectivity index (χ4v) is 2.83. The predicted molar refractivity (Wildman–Crippen MR) is 87.5 cm³/mol. The summed E-state index contributed by atoms with van der Waals surface area (Å²) in [7, 11) is 0. The first kappa shape index (κ1) is 15.7. The van der Waals surface area contributed by atoms with E-state index in [9.17, 15) is 9.59 Å². The molecule has 23 heavy (non-hydrogen) atoms. The topological polar surface area (TPSA) is 64.4 Å². The molecule has 2 aromatic rings. The molecular weight excluding hydrogens is 294 g/mol. The van der Waals surface area contributed by atoms with Crippen molar-refractivity contribution in [1.82, 2.24) is 14.5 Å². The number of nitrogens with zero attached hydrogens (tertiary/aromatic N) is 3. The van der Waals surface area contributed by atoms with Gasteiger partial charge in [0.1, 0.15) is 12.4 Å². The number of morpholine rings is 1. The molecule has 0 unspecified atom stereocenters. The first-order valence-corrected chi connectivity index (χ1v) is 7.93. The molecular formula is C17H21N3O3. The molecule has 0 radical (unpaired) electrons. The van der Waals surface area contributed by atoms with Gasteiger partial charge in [-0.25, -0.2) is 4.98 Å². The summed E-state index contributed by atoms with van der Waals surface area (Å²) in [6.07, 6.45) is 0. The number of para-hydroxylation sites is 1. The van der Waals surface area contributed by atoms with E-state index in [1.54, 1.807) is 11.0 Å². The Morgan fingerprint density at radius 2 is 1.96 bits per heavy atom. The molecule has 1 amide bonds. The fraction of sp³-hybridized carbons (Fsp3) is 0.471. The summed E-state index contributed by atoms with van der Waals surface area (Å²) in [4.78, 5) is 31.7. The molecule has 0 bridgehead atoms. The third-order valence-corrected chi connectivity index (χ3v) is 4.06. The maximum atomic E-state index is 12.8. The summed E-state index contributed by atoms with van der Waals surface area (Å²) in [5, 5.41) is 0.548. The Balaban J connectivity index is 2.01. The predicted octanol–water partition coefficient (Wildman–Crippen LogP) is 1.38. The number of fused-ring (bicyclic) bond motifs is 1. The summed E-state index contributed by atoms with van der Waals surface area (Å²) >= 11 is 0. The molecule has 1 fully saturated rings. The molecule has 6 heteroatoms. The Morgan fingerprint density at radius 1 is 1.26 bits per heavy atom. The average molecular weight is 315 g/mol. The number of hydrogen-bond acceptors (Lipinski definition) is 4. The molecule has 2 heterocycles. The van der Waals surface area contributed by atoms with E-state index >= 15 is 0 Å². The minimum absolute atomic E-state index is 0.0319. The molecule has 0 atom stereocenters. The number of rotatable bonds is 3. The van der Waals surface area contributed by atoms with Crippen molar-refractivity contribution in [3.05, 3.63) is 40.4 Å². The van der Waals surface area contributed by atoms with Crippen LogP contribution in [0.25, 0.3) is 10.9 Å². The maximum Gasteiger partial charge on any atom is 0.261 e. The summed E-state index contributed by atoms with van der Waals surface area (Å²) in [6, 6.07) is 7.26. The number of benzene rings is 1. The minimum atomic E-state index is -0.152. The lowest BCUT2D eigenvalue weighted by atomic mass is 10.1. The number of hydrogen-bond donors (Lipinski definition) is 0. The van der Waals surface area contributed by atoms with Crippen LogP contribution in [0.5, 0.6) is 0 Å². The zero-order chi connectivity index (χ0) is 16.4. The van der Waals surface area contributed by atoms with Gasteiger partial charge in [-0.3, -0.25) is 14.2 Å². The van der Waals surface area contributed by atoms with E-state index < -0.39 is 0 Å². The molecule has 1 saturated heterocycles. The first-order valence-electron chi connectivity index (χ1n) is 7.93. The molecule has 0 N–H and O–H groups in total. The standard InChI is InChI=1S/C17H21N3O3/c1-12(2)16-18-14-6-4-3-5-13(14)17(22)20(16)11-15(21)19-7-9-23-10-8-19/h3-6,12H,7-11H2,1-2H3. The number of ether oxygens (including phenoxy) is 1. The van der Waals surface area contributed by atoms with Crippen molar-refractivity contribution in [3.8, 4) is 0 Å². The van der Waals surface area contributed by atoms with Gasteiger partial charge >= 0.3 is 0 Å². The molecule has 1 aromatic heterocycles. The van der Waals surface area contributed by atoms with Crippen LogP contribution in [0.2, 0.25) is 0 Å². The van der Waals surface area contributed by atoms with Crippen LogP contribution in [-0.4, -0.2) is 46.7 Å². The maximum absolute atomic E-state index is 12.8. The van der Waals surface area contributed by atoms with Crippen LogP contribution >= 0.6 is 0 Å². The fourth-order valence-electron chi connectivity index (χ4n) is 2.83. The molecule has 122 valence electrons. The SMILES string of the molecule is CC(C)c1nc2ccccc2c(=O)n1CC(=O)N1CCOCC1. The third kappa shape index (κ3) is 3.12. The van der Waals surface area contributed by atoms with Crippen LogP contribution in [-0.2, 0) is 16.1 Å². The molecule has 6 nitrogen and oxygen atoms in total. The van der Waals surface area contributed by atoms with Crippen molar-refractivity contribution in [1.29, 1.82) is 0 Å². The van der Waals surface area contributed by atoms with Gasteiger partial charge < -0.3 is 9.64 Å². The van der Waals surface area contributed by atoms with Gasteiger partial charge in [-0.2, -0.15) is 0 Å². The molecule has 1 aromatic carbocycles.